The van der Waals surface area contributed by atoms with Crippen molar-refractivity contribution in [3.8, 4) is 0 Å². The van der Waals surface area contributed by atoms with Crippen LogP contribution in [0.1, 0.15) is 33.6 Å². The van der Waals surface area contributed by atoms with Crippen LogP contribution in [0, 0.1) is 0 Å². The van der Waals surface area contributed by atoms with Crippen LogP contribution in [-0.2, 0) is 4.74 Å². The van der Waals surface area contributed by atoms with Gasteiger partial charge in [-0.1, -0.05) is 18.2 Å². The van der Waals surface area contributed by atoms with Gasteiger partial charge >= 0.3 is 6.09 Å². The van der Waals surface area contributed by atoms with Crippen molar-refractivity contribution in [3.63, 3.8) is 0 Å². The Hall–Kier alpha value is -2.54. The third-order valence-corrected chi connectivity index (χ3v) is 3.77. The first-order chi connectivity index (χ1) is 12.3. The van der Waals surface area contributed by atoms with E-state index >= 15 is 0 Å². The van der Waals surface area contributed by atoms with Crippen LogP contribution in [0.5, 0.6) is 0 Å². The molecule has 7 nitrogen and oxygen atoms in total. The van der Waals surface area contributed by atoms with Gasteiger partial charge in [-0.15, -0.1) is 0 Å². The predicted octanol–water partition coefficient (Wildman–Crippen LogP) is 2.89. The topological polar surface area (TPSA) is 110 Å². The number of hydrogen-bond acceptors (Lipinski definition) is 6. The Balaban J connectivity index is 1.90. The molecule has 142 valence electrons. The van der Waals surface area contributed by atoms with E-state index < -0.39 is 11.7 Å². The lowest BCUT2D eigenvalue weighted by molar-refractivity contribution is 0.0526. The number of benzene rings is 1. The van der Waals surface area contributed by atoms with Gasteiger partial charge in [-0.3, -0.25) is 4.98 Å². The number of amides is 1. The maximum absolute atomic E-state index is 11.6. The average molecular weight is 360 g/mol. The van der Waals surface area contributed by atoms with Crippen LogP contribution >= 0.6 is 0 Å². The van der Waals surface area contributed by atoms with E-state index in [1.165, 1.54) is 0 Å². The Labute approximate surface area is 153 Å². The molecule has 0 unspecified atom stereocenters. The van der Waals surface area contributed by atoms with Crippen LogP contribution in [-0.4, -0.2) is 41.0 Å². The largest absolute Gasteiger partial charge is 0.444 e. The van der Waals surface area contributed by atoms with Crippen molar-refractivity contribution < 1.29 is 14.6 Å². The first-order valence-electron chi connectivity index (χ1n) is 8.77. The Bertz CT molecular complexity index is 743. The molecule has 1 amide bonds. The van der Waals surface area contributed by atoms with Gasteiger partial charge in [0.2, 0.25) is 0 Å². The van der Waals surface area contributed by atoms with Crippen LogP contribution < -0.4 is 16.4 Å². The highest BCUT2D eigenvalue weighted by molar-refractivity contribution is 5.96. The molecule has 1 aromatic carbocycles. The van der Waals surface area contributed by atoms with Crippen molar-refractivity contribution >= 4 is 28.4 Å². The molecule has 0 bridgehead atoms. The number of fused-ring (bicyclic) bond motifs is 1. The molecule has 7 heteroatoms. The molecular weight excluding hydrogens is 332 g/mol. The second kappa shape index (κ2) is 8.71. The van der Waals surface area contributed by atoms with Crippen LogP contribution in [0.4, 0.5) is 16.2 Å². The van der Waals surface area contributed by atoms with Crippen LogP contribution in [0.15, 0.2) is 30.5 Å². The number of nitrogens with two attached hydrogens (primary N) is 1. The molecule has 1 atom stereocenters. The summed E-state index contributed by atoms with van der Waals surface area (Å²) in [5.74, 6) is 0. The third-order valence-electron chi connectivity index (χ3n) is 3.77. The molecule has 0 radical (unpaired) electrons. The molecule has 26 heavy (non-hydrogen) atoms. The molecule has 2 aromatic rings. The van der Waals surface area contributed by atoms with Crippen molar-refractivity contribution in [3.05, 3.63) is 30.5 Å². The van der Waals surface area contributed by atoms with E-state index in [-0.39, 0.29) is 12.6 Å². The van der Waals surface area contributed by atoms with Crippen molar-refractivity contribution in [2.45, 2.75) is 45.3 Å². The first-order valence-corrected chi connectivity index (χ1v) is 8.77. The number of aliphatic hydroxyl groups excluding tert-OH is 1. The molecule has 2 rings (SSSR count). The van der Waals surface area contributed by atoms with E-state index in [2.05, 4.69) is 15.6 Å². The number of nitrogen functional groups attached to an aromatic ring is 1. The van der Waals surface area contributed by atoms with Gasteiger partial charge in [0.15, 0.2) is 0 Å². The number of anilines is 2. The first kappa shape index (κ1) is 19.8. The summed E-state index contributed by atoms with van der Waals surface area (Å²) in [6.07, 6.45) is 2.54. The van der Waals surface area contributed by atoms with Gasteiger partial charge in [0.25, 0.3) is 0 Å². The smallest absolute Gasteiger partial charge is 0.407 e. The van der Waals surface area contributed by atoms with Gasteiger partial charge in [0.1, 0.15) is 5.60 Å². The monoisotopic (exact) mass is 360 g/mol. The average Bonchev–Trinajstić information content (AvgIpc) is 2.58. The third kappa shape index (κ3) is 5.77. The maximum atomic E-state index is 11.6. The number of carbonyl (C=O) groups is 1. The lowest BCUT2D eigenvalue weighted by Gasteiger charge is -2.21. The molecule has 0 aliphatic rings. The van der Waals surface area contributed by atoms with Crippen molar-refractivity contribution in [1.29, 1.82) is 0 Å². The number of pyridine rings is 1. The molecule has 0 saturated heterocycles. The van der Waals surface area contributed by atoms with Crippen molar-refractivity contribution in [2.75, 3.05) is 24.2 Å². The van der Waals surface area contributed by atoms with Crippen LogP contribution in [0.25, 0.3) is 10.9 Å². The minimum absolute atomic E-state index is 0.0392. The summed E-state index contributed by atoms with van der Waals surface area (Å²) >= 11 is 0. The summed E-state index contributed by atoms with van der Waals surface area (Å²) in [5.41, 5.74) is 7.70. The van der Waals surface area contributed by atoms with E-state index in [1.54, 1.807) is 6.20 Å². The minimum atomic E-state index is -0.515. The summed E-state index contributed by atoms with van der Waals surface area (Å²) in [5, 5.41) is 16.6. The second-order valence-electron chi connectivity index (χ2n) is 7.20. The molecule has 0 aliphatic carbocycles. The standard InChI is InChI=1S/C19H28N4O3/c1-19(2,3)26-18(25)21-10-6-7-13(12-24)23-17-14-8-4-5-9-16(14)22-11-15(17)20/h4-5,8-9,11,13,24H,6-7,10,12,20H2,1-3H3,(H,21,25)(H,22,23)/t13-/m0/s1. The Kier molecular flexibility index (Phi) is 6.63. The molecule has 1 heterocycles. The van der Waals surface area contributed by atoms with Crippen LogP contribution in [0.3, 0.4) is 0 Å². The normalized spacial score (nSPS) is 12.6. The van der Waals surface area contributed by atoms with Gasteiger partial charge in [-0.25, -0.2) is 4.79 Å². The summed E-state index contributed by atoms with van der Waals surface area (Å²) in [7, 11) is 0. The zero-order valence-electron chi connectivity index (χ0n) is 15.6. The highest BCUT2D eigenvalue weighted by Gasteiger charge is 2.16. The zero-order chi connectivity index (χ0) is 19.2. The van der Waals surface area contributed by atoms with E-state index in [0.717, 1.165) is 16.6 Å². The van der Waals surface area contributed by atoms with Gasteiger partial charge in [-0.2, -0.15) is 0 Å². The highest BCUT2D eigenvalue weighted by Crippen LogP contribution is 2.28. The number of rotatable bonds is 7. The lowest BCUT2D eigenvalue weighted by atomic mass is 10.1. The van der Waals surface area contributed by atoms with Crippen molar-refractivity contribution in [2.24, 2.45) is 0 Å². The van der Waals surface area contributed by atoms with E-state index in [9.17, 15) is 9.90 Å². The molecule has 0 saturated carbocycles. The van der Waals surface area contributed by atoms with Gasteiger partial charge in [0.05, 0.1) is 29.7 Å². The quantitative estimate of drug-likeness (QED) is 0.565. The number of nitrogens with zero attached hydrogens (tertiary/aromatic N) is 1. The number of alkyl carbamates (subject to hydrolysis) is 1. The SMILES string of the molecule is CC(C)(C)OC(=O)NCCC[C@@H](CO)Nc1c(N)cnc2ccccc12. The molecule has 0 aliphatic heterocycles. The number of para-hydroxylation sites is 1. The number of aromatic nitrogens is 1. The van der Waals surface area contributed by atoms with Crippen LogP contribution in [0.2, 0.25) is 0 Å². The van der Waals surface area contributed by atoms with Gasteiger partial charge in [-0.05, 0) is 39.7 Å². The molecule has 0 fully saturated rings. The Morgan fingerprint density at radius 2 is 2.08 bits per heavy atom. The fraction of sp³-hybridized carbons (Fsp3) is 0.474. The van der Waals surface area contributed by atoms with E-state index in [0.29, 0.717) is 25.1 Å². The number of hydrogen-bond donors (Lipinski definition) is 4. The van der Waals surface area contributed by atoms with Gasteiger partial charge in [0, 0.05) is 18.0 Å². The van der Waals surface area contributed by atoms with E-state index in [4.69, 9.17) is 10.5 Å². The predicted molar refractivity (Wildman–Crippen MR) is 104 cm³/mol. The summed E-state index contributed by atoms with van der Waals surface area (Å²) in [6.45, 7) is 5.90. The summed E-state index contributed by atoms with van der Waals surface area (Å²) < 4.78 is 5.19. The fourth-order valence-electron chi connectivity index (χ4n) is 2.58. The minimum Gasteiger partial charge on any atom is -0.444 e. The molecular formula is C19H28N4O3. The van der Waals surface area contributed by atoms with Gasteiger partial charge < -0.3 is 26.2 Å². The second-order valence-corrected chi connectivity index (χ2v) is 7.20. The number of nitrogens with one attached hydrogen (secondary N) is 2. The van der Waals surface area contributed by atoms with Crippen molar-refractivity contribution in [1.82, 2.24) is 10.3 Å². The molecule has 0 spiro atoms. The fourth-order valence-corrected chi connectivity index (χ4v) is 2.58. The number of aliphatic hydroxyl groups is 1. The number of carbonyl (C=O) groups excluding carboxylic acids is 1. The maximum Gasteiger partial charge on any atom is 0.407 e. The Morgan fingerprint density at radius 1 is 1.35 bits per heavy atom. The Morgan fingerprint density at radius 3 is 2.77 bits per heavy atom. The van der Waals surface area contributed by atoms with E-state index in [1.807, 2.05) is 45.0 Å². The molecule has 5 N–H and O–H groups in total. The number of ether oxygens (including phenoxy) is 1. The summed E-state index contributed by atoms with van der Waals surface area (Å²) in [6, 6.07) is 7.52. The zero-order valence-corrected chi connectivity index (χ0v) is 15.6. The summed E-state index contributed by atoms with van der Waals surface area (Å²) in [4.78, 5) is 15.9. The highest BCUT2D eigenvalue weighted by atomic mass is 16.6. The molecule has 1 aromatic heterocycles. The lowest BCUT2D eigenvalue weighted by Crippen LogP contribution is -2.33.